The molecule has 0 radical (unpaired) electrons. The minimum Gasteiger partial charge on any atom is -0.316 e. The largest absolute Gasteiger partial charge is 0.316 e. The quantitative estimate of drug-likeness (QED) is 0.792. The Morgan fingerprint density at radius 3 is 2.71 bits per heavy atom. The number of rotatable bonds is 3. The van der Waals surface area contributed by atoms with Crippen molar-refractivity contribution < 1.29 is 0 Å². The summed E-state index contributed by atoms with van der Waals surface area (Å²) in [6.07, 6.45) is 1.87. The first kappa shape index (κ1) is 14.1. The molecule has 0 atom stereocenters. The number of halogens is 1. The molecule has 0 aliphatic heterocycles. The van der Waals surface area contributed by atoms with Crippen molar-refractivity contribution in [3.63, 3.8) is 0 Å². The number of fused-ring (bicyclic) bond motifs is 1. The van der Waals surface area contributed by atoms with E-state index in [1.165, 1.54) is 11.1 Å². The fourth-order valence-electron chi connectivity index (χ4n) is 2.58. The van der Waals surface area contributed by atoms with Gasteiger partial charge in [-0.25, -0.2) is 4.98 Å². The number of aryl methyl sites for hydroxylation is 2. The van der Waals surface area contributed by atoms with Crippen LogP contribution in [0.25, 0.3) is 16.7 Å². The number of nitrogens with zero attached hydrogens (tertiary/aromatic N) is 2. The van der Waals surface area contributed by atoms with Crippen LogP contribution in [0, 0.1) is 13.8 Å². The van der Waals surface area contributed by atoms with Crippen molar-refractivity contribution in [1.29, 1.82) is 0 Å². The molecular formula is C17H18ClN3. The van der Waals surface area contributed by atoms with Crippen LogP contribution in [0.3, 0.4) is 0 Å². The Balaban J connectivity index is 2.26. The van der Waals surface area contributed by atoms with Gasteiger partial charge in [-0.2, -0.15) is 0 Å². The molecule has 0 amide bonds. The maximum atomic E-state index is 6.36. The molecule has 3 rings (SSSR count). The molecule has 3 nitrogen and oxygen atoms in total. The van der Waals surface area contributed by atoms with Crippen molar-refractivity contribution in [3.05, 3.63) is 58.4 Å². The fraction of sp³-hybridized carbons (Fsp3) is 0.235. The van der Waals surface area contributed by atoms with E-state index in [1.807, 2.05) is 25.5 Å². The summed E-state index contributed by atoms with van der Waals surface area (Å²) >= 11 is 6.36. The molecule has 3 aromatic rings. The third kappa shape index (κ3) is 2.43. The number of hydrogen-bond acceptors (Lipinski definition) is 2. The molecule has 0 saturated carbocycles. The molecule has 0 aliphatic rings. The van der Waals surface area contributed by atoms with Crippen molar-refractivity contribution >= 4 is 22.6 Å². The second kappa shape index (κ2) is 5.51. The molecule has 1 aromatic heterocycles. The highest BCUT2D eigenvalue weighted by atomic mass is 35.5. The zero-order valence-electron chi connectivity index (χ0n) is 12.4. The first-order valence-electron chi connectivity index (χ1n) is 6.98. The van der Waals surface area contributed by atoms with Crippen molar-refractivity contribution in [3.8, 4) is 5.69 Å². The minimum absolute atomic E-state index is 0.722. The molecule has 0 spiro atoms. The molecule has 0 saturated heterocycles. The van der Waals surface area contributed by atoms with E-state index in [1.54, 1.807) is 0 Å². The van der Waals surface area contributed by atoms with E-state index in [9.17, 15) is 0 Å². The van der Waals surface area contributed by atoms with Gasteiger partial charge in [0.1, 0.15) is 6.33 Å². The van der Waals surface area contributed by atoms with Crippen LogP contribution in [0.2, 0.25) is 5.02 Å². The molecule has 0 fully saturated rings. The first-order valence-corrected chi connectivity index (χ1v) is 7.36. The Morgan fingerprint density at radius 2 is 1.95 bits per heavy atom. The van der Waals surface area contributed by atoms with E-state index >= 15 is 0 Å². The van der Waals surface area contributed by atoms with Crippen LogP contribution in [0.5, 0.6) is 0 Å². The molecule has 4 heteroatoms. The Morgan fingerprint density at radius 1 is 1.19 bits per heavy atom. The van der Waals surface area contributed by atoms with Gasteiger partial charge in [-0.1, -0.05) is 17.7 Å². The fourth-order valence-corrected chi connectivity index (χ4v) is 2.82. The number of nitrogens with one attached hydrogen (secondary N) is 1. The zero-order valence-corrected chi connectivity index (χ0v) is 13.2. The van der Waals surface area contributed by atoms with Gasteiger partial charge in [0.15, 0.2) is 0 Å². The third-order valence-electron chi connectivity index (χ3n) is 3.87. The number of benzene rings is 2. The lowest BCUT2D eigenvalue weighted by Crippen LogP contribution is -2.09. The number of imidazole rings is 1. The van der Waals surface area contributed by atoms with Gasteiger partial charge < -0.3 is 5.32 Å². The van der Waals surface area contributed by atoms with Gasteiger partial charge in [-0.05, 0) is 56.3 Å². The summed E-state index contributed by atoms with van der Waals surface area (Å²) in [6, 6.07) is 10.3. The second-order valence-corrected chi connectivity index (χ2v) is 5.71. The average molecular weight is 300 g/mol. The van der Waals surface area contributed by atoms with E-state index in [4.69, 9.17) is 11.6 Å². The van der Waals surface area contributed by atoms with Gasteiger partial charge in [-0.15, -0.1) is 0 Å². The lowest BCUT2D eigenvalue weighted by Gasteiger charge is -2.13. The van der Waals surface area contributed by atoms with Crippen LogP contribution >= 0.6 is 11.6 Å². The van der Waals surface area contributed by atoms with Gasteiger partial charge >= 0.3 is 0 Å². The smallest absolute Gasteiger partial charge is 0.100 e. The van der Waals surface area contributed by atoms with Gasteiger partial charge in [0.05, 0.1) is 16.7 Å². The lowest BCUT2D eigenvalue weighted by atomic mass is 10.1. The van der Waals surface area contributed by atoms with E-state index in [2.05, 4.69) is 46.9 Å². The Bertz CT molecular complexity index is 805. The molecule has 108 valence electrons. The highest BCUT2D eigenvalue weighted by Crippen LogP contribution is 2.27. The molecule has 0 bridgehead atoms. The molecule has 2 aromatic carbocycles. The Kier molecular flexibility index (Phi) is 3.70. The van der Waals surface area contributed by atoms with Gasteiger partial charge in [0.25, 0.3) is 0 Å². The normalized spacial score (nSPS) is 11.2. The predicted molar refractivity (Wildman–Crippen MR) is 88.3 cm³/mol. The van der Waals surface area contributed by atoms with E-state index in [0.29, 0.717) is 0 Å². The van der Waals surface area contributed by atoms with Crippen LogP contribution in [0.4, 0.5) is 0 Å². The van der Waals surface area contributed by atoms with Gasteiger partial charge in [-0.3, -0.25) is 4.57 Å². The molecule has 0 aliphatic carbocycles. The number of hydrogen-bond donors (Lipinski definition) is 1. The highest BCUT2D eigenvalue weighted by molar-refractivity contribution is 6.31. The summed E-state index contributed by atoms with van der Waals surface area (Å²) in [5.41, 5.74) is 6.80. The summed E-state index contributed by atoms with van der Waals surface area (Å²) in [6.45, 7) is 4.96. The van der Waals surface area contributed by atoms with E-state index in [0.717, 1.165) is 33.9 Å². The second-order valence-electron chi connectivity index (χ2n) is 5.31. The Labute approximate surface area is 129 Å². The van der Waals surface area contributed by atoms with E-state index in [-0.39, 0.29) is 0 Å². The highest BCUT2D eigenvalue weighted by Gasteiger charge is 2.12. The predicted octanol–water partition coefficient (Wildman–Crippen LogP) is 4.02. The summed E-state index contributed by atoms with van der Waals surface area (Å²) in [5.74, 6) is 0. The van der Waals surface area contributed by atoms with E-state index < -0.39 is 0 Å². The summed E-state index contributed by atoms with van der Waals surface area (Å²) in [7, 11) is 1.92. The van der Waals surface area contributed by atoms with Crippen molar-refractivity contribution in [2.24, 2.45) is 0 Å². The molecule has 21 heavy (non-hydrogen) atoms. The van der Waals surface area contributed by atoms with Crippen LogP contribution in [0.15, 0.2) is 36.7 Å². The van der Waals surface area contributed by atoms with Crippen LogP contribution in [-0.2, 0) is 6.54 Å². The topological polar surface area (TPSA) is 29.9 Å². The van der Waals surface area contributed by atoms with Crippen molar-refractivity contribution in [1.82, 2.24) is 14.9 Å². The maximum absolute atomic E-state index is 6.36. The molecule has 0 unspecified atom stereocenters. The lowest BCUT2D eigenvalue weighted by molar-refractivity contribution is 0.809. The summed E-state index contributed by atoms with van der Waals surface area (Å²) in [4.78, 5) is 4.53. The zero-order chi connectivity index (χ0) is 15.0. The number of aromatic nitrogens is 2. The summed E-state index contributed by atoms with van der Waals surface area (Å²) < 4.78 is 2.11. The average Bonchev–Trinajstić information content (AvgIpc) is 2.84. The van der Waals surface area contributed by atoms with Crippen molar-refractivity contribution in [2.45, 2.75) is 20.4 Å². The standard InChI is InChI=1S/C17H18ClN3/c1-11-7-15-17(8-12(11)2)21(10-20-15)16-6-4-5-14(18)13(16)9-19-3/h4-8,10,19H,9H2,1-3H3. The molecule has 1 N–H and O–H groups in total. The van der Waals surface area contributed by atoms with Gasteiger partial charge in [0.2, 0.25) is 0 Å². The van der Waals surface area contributed by atoms with Crippen molar-refractivity contribution in [2.75, 3.05) is 7.05 Å². The monoisotopic (exact) mass is 299 g/mol. The molecule has 1 heterocycles. The SMILES string of the molecule is CNCc1c(Cl)cccc1-n1cnc2cc(C)c(C)cc21. The Hall–Kier alpha value is -1.84. The van der Waals surface area contributed by atoms with Crippen LogP contribution < -0.4 is 5.32 Å². The maximum Gasteiger partial charge on any atom is 0.100 e. The minimum atomic E-state index is 0.722. The molecular weight excluding hydrogens is 282 g/mol. The van der Waals surface area contributed by atoms with Crippen LogP contribution in [0.1, 0.15) is 16.7 Å². The van der Waals surface area contributed by atoms with Crippen LogP contribution in [-0.4, -0.2) is 16.6 Å². The first-order chi connectivity index (χ1) is 10.1. The third-order valence-corrected chi connectivity index (χ3v) is 4.22. The van der Waals surface area contributed by atoms with Gasteiger partial charge in [0, 0.05) is 17.1 Å². The summed E-state index contributed by atoms with van der Waals surface area (Å²) in [5, 5.41) is 3.95.